The van der Waals surface area contributed by atoms with Gasteiger partial charge in [0.1, 0.15) is 0 Å². The van der Waals surface area contributed by atoms with Crippen molar-refractivity contribution in [3.63, 3.8) is 0 Å². The Morgan fingerprint density at radius 2 is 2.00 bits per heavy atom. The van der Waals surface area contributed by atoms with Crippen LogP contribution < -0.4 is 0 Å². The molecule has 1 heterocycles. The molecular weight excluding hydrogens is 276 g/mol. The molecule has 0 radical (unpaired) electrons. The molecule has 0 amide bonds. The maximum atomic E-state index is 13.3. The summed E-state index contributed by atoms with van der Waals surface area (Å²) in [6.45, 7) is 5.18. The van der Waals surface area contributed by atoms with Crippen LogP contribution in [0.25, 0.3) is 0 Å². The standard InChI is InChI=1S/C16H23F2NO2/c1-2-21-11-14(20)10-19-7-5-12(6-8-19)13-3-4-15(17)16(18)9-13/h3-4,9,12,14,20H,2,5-8,10-11H2,1H3/t14-/m1/s1. The number of piperidine rings is 1. The molecule has 5 heteroatoms. The largest absolute Gasteiger partial charge is 0.389 e. The molecule has 0 aliphatic carbocycles. The Bertz CT molecular complexity index is 448. The number of β-amino-alcohol motifs (C(OH)–C–C–N with tert-alkyl or cyclic N) is 1. The molecule has 1 saturated heterocycles. The van der Waals surface area contributed by atoms with Crippen molar-refractivity contribution in [1.82, 2.24) is 4.90 Å². The van der Waals surface area contributed by atoms with Crippen LogP contribution in [0.15, 0.2) is 18.2 Å². The van der Waals surface area contributed by atoms with Crippen LogP contribution in [-0.2, 0) is 4.74 Å². The summed E-state index contributed by atoms with van der Waals surface area (Å²) < 4.78 is 31.4. The highest BCUT2D eigenvalue weighted by atomic mass is 19.2. The van der Waals surface area contributed by atoms with Crippen LogP contribution in [0.1, 0.15) is 31.2 Å². The third-order valence-corrected chi connectivity index (χ3v) is 3.99. The van der Waals surface area contributed by atoms with Crippen molar-refractivity contribution in [1.29, 1.82) is 0 Å². The lowest BCUT2D eigenvalue weighted by atomic mass is 9.89. The normalized spacial score (nSPS) is 18.9. The zero-order valence-electron chi connectivity index (χ0n) is 12.4. The number of hydrogen-bond donors (Lipinski definition) is 1. The lowest BCUT2D eigenvalue weighted by molar-refractivity contribution is 0.0167. The number of hydrogen-bond acceptors (Lipinski definition) is 3. The molecule has 0 unspecified atom stereocenters. The molecule has 1 aromatic carbocycles. The third kappa shape index (κ3) is 4.73. The summed E-state index contributed by atoms with van der Waals surface area (Å²) >= 11 is 0. The predicted octanol–water partition coefficient (Wildman–Crippen LogP) is 2.54. The van der Waals surface area contributed by atoms with Crippen LogP contribution in [0.2, 0.25) is 0 Å². The van der Waals surface area contributed by atoms with E-state index in [1.807, 2.05) is 6.92 Å². The zero-order chi connectivity index (χ0) is 15.2. The van der Waals surface area contributed by atoms with Crippen LogP contribution in [0.3, 0.4) is 0 Å². The molecule has 0 saturated carbocycles. The van der Waals surface area contributed by atoms with Crippen LogP contribution in [0.5, 0.6) is 0 Å². The van der Waals surface area contributed by atoms with Crippen molar-refractivity contribution in [3.8, 4) is 0 Å². The molecule has 1 fully saturated rings. The molecule has 0 aromatic heterocycles. The fourth-order valence-corrected chi connectivity index (χ4v) is 2.82. The van der Waals surface area contributed by atoms with E-state index in [1.165, 1.54) is 12.1 Å². The molecule has 21 heavy (non-hydrogen) atoms. The molecule has 2 rings (SSSR count). The minimum absolute atomic E-state index is 0.264. The Morgan fingerprint density at radius 3 is 2.62 bits per heavy atom. The second kappa shape index (κ2) is 7.82. The number of rotatable bonds is 6. The maximum absolute atomic E-state index is 13.3. The molecule has 0 bridgehead atoms. The zero-order valence-corrected chi connectivity index (χ0v) is 12.4. The van der Waals surface area contributed by atoms with E-state index in [2.05, 4.69) is 4.90 Å². The lowest BCUT2D eigenvalue weighted by Crippen LogP contribution is -2.39. The monoisotopic (exact) mass is 299 g/mol. The summed E-state index contributed by atoms with van der Waals surface area (Å²) in [7, 11) is 0. The van der Waals surface area contributed by atoms with Gasteiger partial charge in [0.25, 0.3) is 0 Å². The van der Waals surface area contributed by atoms with E-state index in [0.29, 0.717) is 19.8 Å². The van der Waals surface area contributed by atoms with Gasteiger partial charge in [0, 0.05) is 13.2 Å². The second-order valence-electron chi connectivity index (χ2n) is 5.56. The summed E-state index contributed by atoms with van der Waals surface area (Å²) in [5.41, 5.74) is 0.864. The van der Waals surface area contributed by atoms with Gasteiger partial charge in [-0.25, -0.2) is 8.78 Å². The Morgan fingerprint density at radius 1 is 1.29 bits per heavy atom. The van der Waals surface area contributed by atoms with Gasteiger partial charge in [0.05, 0.1) is 12.7 Å². The van der Waals surface area contributed by atoms with Crippen LogP contribution >= 0.6 is 0 Å². The van der Waals surface area contributed by atoms with Crippen molar-refractivity contribution in [2.24, 2.45) is 0 Å². The number of nitrogens with zero attached hydrogens (tertiary/aromatic N) is 1. The highest BCUT2D eigenvalue weighted by Gasteiger charge is 2.22. The molecule has 1 aliphatic rings. The Kier molecular flexibility index (Phi) is 6.08. The topological polar surface area (TPSA) is 32.7 Å². The van der Waals surface area contributed by atoms with E-state index in [4.69, 9.17) is 4.74 Å². The van der Waals surface area contributed by atoms with Gasteiger partial charge in [-0.15, -0.1) is 0 Å². The Hall–Kier alpha value is -1.04. The number of benzene rings is 1. The average molecular weight is 299 g/mol. The third-order valence-electron chi connectivity index (χ3n) is 3.99. The summed E-state index contributed by atoms with van der Waals surface area (Å²) in [4.78, 5) is 2.19. The summed E-state index contributed by atoms with van der Waals surface area (Å²) in [5, 5.41) is 9.82. The van der Waals surface area contributed by atoms with Gasteiger partial charge in [0.2, 0.25) is 0 Å². The quantitative estimate of drug-likeness (QED) is 0.876. The molecule has 1 N–H and O–H groups in total. The van der Waals surface area contributed by atoms with Gasteiger partial charge < -0.3 is 14.7 Å². The van der Waals surface area contributed by atoms with Gasteiger partial charge in [0.15, 0.2) is 11.6 Å². The first kappa shape index (κ1) is 16.3. The maximum Gasteiger partial charge on any atom is 0.159 e. The van der Waals surface area contributed by atoms with Crippen LogP contribution in [0.4, 0.5) is 8.78 Å². The predicted molar refractivity (Wildman–Crippen MR) is 77.3 cm³/mol. The van der Waals surface area contributed by atoms with Crippen molar-refractivity contribution in [2.75, 3.05) is 32.8 Å². The molecule has 0 spiro atoms. The van der Waals surface area contributed by atoms with Gasteiger partial charge in [-0.3, -0.25) is 0 Å². The fraction of sp³-hybridized carbons (Fsp3) is 0.625. The fourth-order valence-electron chi connectivity index (χ4n) is 2.82. The number of ether oxygens (including phenoxy) is 1. The van der Waals surface area contributed by atoms with E-state index >= 15 is 0 Å². The minimum Gasteiger partial charge on any atom is -0.389 e. The van der Waals surface area contributed by atoms with Crippen LogP contribution in [-0.4, -0.2) is 49.0 Å². The molecular formula is C16H23F2NO2. The van der Waals surface area contributed by atoms with E-state index in [9.17, 15) is 13.9 Å². The minimum atomic E-state index is -0.796. The van der Waals surface area contributed by atoms with E-state index in [-0.39, 0.29) is 5.92 Å². The summed E-state index contributed by atoms with van der Waals surface area (Å²) in [6.07, 6.45) is 1.32. The second-order valence-corrected chi connectivity index (χ2v) is 5.56. The van der Waals surface area contributed by atoms with E-state index in [0.717, 1.165) is 31.5 Å². The van der Waals surface area contributed by atoms with E-state index < -0.39 is 17.7 Å². The molecule has 3 nitrogen and oxygen atoms in total. The van der Waals surface area contributed by atoms with Gasteiger partial charge in [-0.1, -0.05) is 6.07 Å². The summed E-state index contributed by atoms with van der Waals surface area (Å²) in [5.74, 6) is -1.31. The van der Waals surface area contributed by atoms with Crippen molar-refractivity contribution in [3.05, 3.63) is 35.4 Å². The van der Waals surface area contributed by atoms with Crippen LogP contribution in [0, 0.1) is 11.6 Å². The Labute approximate surface area is 124 Å². The van der Waals surface area contributed by atoms with Gasteiger partial charge in [-0.05, 0) is 56.5 Å². The smallest absolute Gasteiger partial charge is 0.159 e. The summed E-state index contributed by atoms with van der Waals surface area (Å²) in [6, 6.07) is 4.17. The molecule has 1 atom stereocenters. The molecule has 1 aliphatic heterocycles. The number of aliphatic hydroxyl groups excluding tert-OH is 1. The van der Waals surface area contributed by atoms with Crippen molar-refractivity contribution in [2.45, 2.75) is 31.8 Å². The first-order valence-corrected chi connectivity index (χ1v) is 7.53. The van der Waals surface area contributed by atoms with Crippen molar-refractivity contribution >= 4 is 0 Å². The first-order chi connectivity index (χ1) is 10.1. The number of likely N-dealkylation sites (tertiary alicyclic amines) is 1. The van der Waals surface area contributed by atoms with E-state index in [1.54, 1.807) is 6.07 Å². The SMILES string of the molecule is CCOC[C@H](O)CN1CCC(c2ccc(F)c(F)c2)CC1. The molecule has 118 valence electrons. The number of halogens is 2. The highest BCUT2D eigenvalue weighted by molar-refractivity contribution is 5.22. The average Bonchev–Trinajstić information content (AvgIpc) is 2.49. The number of aliphatic hydroxyl groups is 1. The molecule has 1 aromatic rings. The van der Waals surface area contributed by atoms with Gasteiger partial charge >= 0.3 is 0 Å². The van der Waals surface area contributed by atoms with Crippen molar-refractivity contribution < 1.29 is 18.6 Å². The Balaban J connectivity index is 1.81. The van der Waals surface area contributed by atoms with Gasteiger partial charge in [-0.2, -0.15) is 0 Å². The highest BCUT2D eigenvalue weighted by Crippen LogP contribution is 2.28. The first-order valence-electron chi connectivity index (χ1n) is 7.53. The lowest BCUT2D eigenvalue weighted by Gasteiger charge is -2.33.